The molecular weight excluding hydrogens is 315 g/mol. The average Bonchev–Trinajstić information content (AvgIpc) is 2.41. The highest BCUT2D eigenvalue weighted by Gasteiger charge is 2.22. The van der Waals surface area contributed by atoms with Gasteiger partial charge in [-0.1, -0.05) is 28.1 Å². The first-order valence-corrected chi connectivity index (χ1v) is 8.30. The molecule has 100 valence electrons. The second kappa shape index (κ2) is 6.91. The molecule has 0 amide bonds. The topological polar surface area (TPSA) is 0 Å². The molecule has 0 unspecified atom stereocenters. The summed E-state index contributed by atoms with van der Waals surface area (Å²) in [6.07, 6.45) is 6.33. The number of halogens is 3. The van der Waals surface area contributed by atoms with Crippen LogP contribution in [0.4, 0.5) is 4.39 Å². The summed E-state index contributed by atoms with van der Waals surface area (Å²) in [4.78, 5) is 0. The van der Waals surface area contributed by atoms with E-state index < -0.39 is 0 Å². The van der Waals surface area contributed by atoms with E-state index >= 15 is 0 Å². The zero-order valence-corrected chi connectivity index (χ0v) is 12.8. The average molecular weight is 334 g/mol. The molecule has 0 aliphatic heterocycles. The fraction of sp³-hybridized carbons (Fsp3) is 0.600. The van der Waals surface area contributed by atoms with E-state index in [9.17, 15) is 4.39 Å². The summed E-state index contributed by atoms with van der Waals surface area (Å²) in [5.74, 6) is 1.55. The van der Waals surface area contributed by atoms with E-state index in [4.69, 9.17) is 11.6 Å². The van der Waals surface area contributed by atoms with Gasteiger partial charge in [-0.25, -0.2) is 4.39 Å². The molecule has 0 N–H and O–H groups in total. The number of benzene rings is 1. The molecule has 0 nitrogen and oxygen atoms in total. The van der Waals surface area contributed by atoms with Crippen molar-refractivity contribution in [1.29, 1.82) is 0 Å². The highest BCUT2D eigenvalue weighted by atomic mass is 79.9. The van der Waals surface area contributed by atoms with Crippen molar-refractivity contribution in [1.82, 2.24) is 0 Å². The first-order valence-electron chi connectivity index (χ1n) is 6.65. The van der Waals surface area contributed by atoms with Gasteiger partial charge in [-0.15, -0.1) is 11.6 Å². The minimum Gasteiger partial charge on any atom is -0.207 e. The lowest BCUT2D eigenvalue weighted by molar-refractivity contribution is 0.320. The van der Waals surface area contributed by atoms with Crippen LogP contribution in [-0.4, -0.2) is 5.33 Å². The van der Waals surface area contributed by atoms with Gasteiger partial charge in [0, 0.05) is 10.9 Å². The van der Waals surface area contributed by atoms with Gasteiger partial charge >= 0.3 is 0 Å². The van der Waals surface area contributed by atoms with Gasteiger partial charge < -0.3 is 0 Å². The minimum atomic E-state index is -0.179. The Bertz CT molecular complexity index is 386. The Labute approximate surface area is 122 Å². The Hall–Kier alpha value is -0.0800. The third kappa shape index (κ3) is 3.48. The lowest BCUT2D eigenvalue weighted by Gasteiger charge is -2.28. The normalized spacial score (nSPS) is 24.2. The van der Waals surface area contributed by atoms with Crippen LogP contribution in [0.1, 0.15) is 49.1 Å². The van der Waals surface area contributed by atoms with Crippen molar-refractivity contribution in [3.05, 3.63) is 35.1 Å². The van der Waals surface area contributed by atoms with E-state index in [0.29, 0.717) is 11.5 Å². The Morgan fingerprint density at radius 3 is 2.56 bits per heavy atom. The lowest BCUT2D eigenvalue weighted by atomic mass is 9.77. The van der Waals surface area contributed by atoms with Gasteiger partial charge in [-0.2, -0.15) is 0 Å². The molecule has 3 heteroatoms. The third-order valence-corrected chi connectivity index (χ3v) is 4.80. The van der Waals surface area contributed by atoms with Gasteiger partial charge in [-0.3, -0.25) is 0 Å². The first kappa shape index (κ1) is 14.3. The maximum Gasteiger partial charge on any atom is 0.127 e. The summed E-state index contributed by atoms with van der Waals surface area (Å²) in [6, 6.07) is 5.45. The molecule has 18 heavy (non-hydrogen) atoms. The lowest BCUT2D eigenvalue weighted by Crippen LogP contribution is -2.14. The Balaban J connectivity index is 2.01. The Morgan fingerprint density at radius 2 is 1.94 bits per heavy atom. The Morgan fingerprint density at radius 1 is 1.22 bits per heavy atom. The van der Waals surface area contributed by atoms with Gasteiger partial charge in [0.25, 0.3) is 0 Å². The monoisotopic (exact) mass is 332 g/mol. The molecule has 0 atom stereocenters. The van der Waals surface area contributed by atoms with Gasteiger partial charge in [-0.05, 0) is 55.6 Å². The molecule has 1 aromatic carbocycles. The molecule has 1 aliphatic carbocycles. The van der Waals surface area contributed by atoms with E-state index in [1.807, 2.05) is 12.1 Å². The smallest absolute Gasteiger partial charge is 0.127 e. The highest BCUT2D eigenvalue weighted by molar-refractivity contribution is 9.09. The number of hydrogen-bond donors (Lipinski definition) is 0. The molecule has 1 aromatic rings. The van der Waals surface area contributed by atoms with Gasteiger partial charge in [0.05, 0.1) is 5.88 Å². The van der Waals surface area contributed by atoms with Crippen LogP contribution in [0.2, 0.25) is 0 Å². The molecule has 1 fully saturated rings. The predicted octanol–water partition coefficient (Wildman–Crippen LogP) is 5.62. The largest absolute Gasteiger partial charge is 0.207 e. The SMILES string of the molecule is Fc1ccc(C2CCC(CCBr)CC2)cc1CCl. The van der Waals surface area contributed by atoms with Crippen molar-refractivity contribution in [3.63, 3.8) is 0 Å². The molecule has 0 heterocycles. The van der Waals surface area contributed by atoms with Crippen molar-refractivity contribution < 1.29 is 4.39 Å². The molecule has 2 rings (SSSR count). The summed E-state index contributed by atoms with van der Waals surface area (Å²) < 4.78 is 13.4. The summed E-state index contributed by atoms with van der Waals surface area (Å²) >= 11 is 9.28. The number of hydrogen-bond acceptors (Lipinski definition) is 0. The fourth-order valence-corrected chi connectivity index (χ4v) is 3.74. The van der Waals surface area contributed by atoms with E-state index in [-0.39, 0.29) is 11.7 Å². The Kier molecular flexibility index (Phi) is 5.50. The van der Waals surface area contributed by atoms with Crippen molar-refractivity contribution in [2.45, 2.75) is 43.9 Å². The van der Waals surface area contributed by atoms with E-state index in [0.717, 1.165) is 11.2 Å². The fourth-order valence-electron chi connectivity index (χ4n) is 2.89. The summed E-state index contributed by atoms with van der Waals surface area (Å²) in [5.41, 5.74) is 1.90. The molecule has 0 saturated heterocycles. The molecular formula is C15H19BrClF. The van der Waals surface area contributed by atoms with Gasteiger partial charge in [0.15, 0.2) is 0 Å². The van der Waals surface area contributed by atoms with Gasteiger partial charge in [0.2, 0.25) is 0 Å². The van der Waals surface area contributed by atoms with E-state index in [1.165, 1.54) is 37.7 Å². The number of alkyl halides is 2. The maximum absolute atomic E-state index is 13.4. The van der Waals surface area contributed by atoms with Crippen LogP contribution in [-0.2, 0) is 5.88 Å². The molecule has 0 radical (unpaired) electrons. The zero-order valence-electron chi connectivity index (χ0n) is 10.5. The summed E-state index contributed by atoms with van der Waals surface area (Å²) in [7, 11) is 0. The van der Waals surface area contributed by atoms with Crippen molar-refractivity contribution in [3.8, 4) is 0 Å². The number of rotatable bonds is 4. The molecule has 0 bridgehead atoms. The van der Waals surface area contributed by atoms with Gasteiger partial charge in [0.1, 0.15) is 5.82 Å². The van der Waals surface area contributed by atoms with Crippen LogP contribution >= 0.6 is 27.5 Å². The highest BCUT2D eigenvalue weighted by Crippen LogP contribution is 2.37. The van der Waals surface area contributed by atoms with Crippen molar-refractivity contribution in [2.75, 3.05) is 5.33 Å². The molecule has 1 saturated carbocycles. The van der Waals surface area contributed by atoms with Crippen LogP contribution in [0, 0.1) is 11.7 Å². The second-order valence-electron chi connectivity index (χ2n) is 5.18. The maximum atomic E-state index is 13.4. The predicted molar refractivity (Wildman–Crippen MR) is 79.1 cm³/mol. The molecule has 0 spiro atoms. The van der Waals surface area contributed by atoms with E-state index in [2.05, 4.69) is 15.9 Å². The quantitative estimate of drug-likeness (QED) is 0.627. The van der Waals surface area contributed by atoms with Crippen molar-refractivity contribution in [2.24, 2.45) is 5.92 Å². The van der Waals surface area contributed by atoms with Crippen LogP contribution in [0.3, 0.4) is 0 Å². The summed E-state index contributed by atoms with van der Waals surface area (Å²) in [5, 5.41) is 1.11. The van der Waals surface area contributed by atoms with E-state index in [1.54, 1.807) is 6.07 Å². The standard InChI is InChI=1S/C15H19BrClF/c16-8-7-11-1-3-12(4-2-11)13-5-6-15(18)14(9-13)10-17/h5-6,9,11-12H,1-4,7-8,10H2. The van der Waals surface area contributed by atoms with Crippen molar-refractivity contribution >= 4 is 27.5 Å². The molecule has 0 aromatic heterocycles. The van der Waals surface area contributed by atoms with Crippen LogP contribution in [0.15, 0.2) is 18.2 Å². The summed E-state index contributed by atoms with van der Waals surface area (Å²) in [6.45, 7) is 0. The first-order chi connectivity index (χ1) is 8.74. The zero-order chi connectivity index (χ0) is 13.0. The van der Waals surface area contributed by atoms with Crippen LogP contribution < -0.4 is 0 Å². The second-order valence-corrected chi connectivity index (χ2v) is 6.24. The van der Waals surface area contributed by atoms with Crippen LogP contribution in [0.5, 0.6) is 0 Å². The van der Waals surface area contributed by atoms with Crippen LogP contribution in [0.25, 0.3) is 0 Å². The molecule has 1 aliphatic rings. The minimum absolute atomic E-state index is 0.179. The third-order valence-electron chi connectivity index (χ3n) is 4.05.